The average Bonchev–Trinajstić information content (AvgIpc) is 2.78. The Morgan fingerprint density at radius 1 is 1.58 bits per heavy atom. The molecule has 1 fully saturated rings. The molecular weight excluding hydrogens is 256 g/mol. The molecular formula is C15H24N2OS. The molecule has 1 aromatic heterocycles. The van der Waals surface area contributed by atoms with Crippen molar-refractivity contribution < 1.29 is 4.74 Å². The highest BCUT2D eigenvalue weighted by Crippen LogP contribution is 2.33. The van der Waals surface area contributed by atoms with Crippen LogP contribution in [0.25, 0.3) is 0 Å². The molecule has 2 heterocycles. The minimum Gasteiger partial charge on any atom is -0.377 e. The number of aryl methyl sites for hydroxylation is 1. The molecule has 0 spiro atoms. The first-order chi connectivity index (χ1) is 9.10. The SMILES string of the molecule is CCC(N)Cc1cnc(SC2CCOC2C)c(C)c1. The van der Waals surface area contributed by atoms with Crippen LogP contribution in [0.2, 0.25) is 0 Å². The summed E-state index contributed by atoms with van der Waals surface area (Å²) in [6.07, 6.45) is 5.35. The molecule has 1 aromatic rings. The Hall–Kier alpha value is -0.580. The van der Waals surface area contributed by atoms with Crippen molar-refractivity contribution in [2.45, 2.75) is 62.5 Å². The molecule has 0 radical (unpaired) electrons. The van der Waals surface area contributed by atoms with E-state index in [2.05, 4.69) is 31.8 Å². The van der Waals surface area contributed by atoms with Crippen LogP contribution in [-0.2, 0) is 11.2 Å². The average molecular weight is 280 g/mol. The van der Waals surface area contributed by atoms with Crippen molar-refractivity contribution >= 4 is 11.8 Å². The Balaban J connectivity index is 2.02. The number of aromatic nitrogens is 1. The molecule has 2 N–H and O–H groups in total. The molecule has 1 saturated heterocycles. The Bertz CT molecular complexity index is 425. The molecule has 19 heavy (non-hydrogen) atoms. The van der Waals surface area contributed by atoms with Crippen molar-refractivity contribution in [2.75, 3.05) is 6.61 Å². The summed E-state index contributed by atoms with van der Waals surface area (Å²) in [7, 11) is 0. The monoisotopic (exact) mass is 280 g/mol. The Kier molecular flexibility index (Phi) is 5.25. The van der Waals surface area contributed by atoms with Gasteiger partial charge in [-0.05, 0) is 44.2 Å². The minimum atomic E-state index is 0.239. The van der Waals surface area contributed by atoms with Crippen LogP contribution in [0.4, 0.5) is 0 Å². The number of pyridine rings is 1. The molecule has 1 aliphatic rings. The smallest absolute Gasteiger partial charge is 0.0992 e. The molecule has 3 nitrogen and oxygen atoms in total. The maximum atomic E-state index is 5.99. The summed E-state index contributed by atoms with van der Waals surface area (Å²) in [6, 6.07) is 2.47. The predicted molar refractivity (Wildman–Crippen MR) is 80.6 cm³/mol. The van der Waals surface area contributed by atoms with E-state index in [9.17, 15) is 0 Å². The Morgan fingerprint density at radius 2 is 2.37 bits per heavy atom. The van der Waals surface area contributed by atoms with Gasteiger partial charge in [0.1, 0.15) is 0 Å². The summed E-state index contributed by atoms with van der Waals surface area (Å²) < 4.78 is 5.60. The maximum Gasteiger partial charge on any atom is 0.0992 e. The van der Waals surface area contributed by atoms with Gasteiger partial charge in [-0.2, -0.15) is 0 Å². The second-order valence-corrected chi connectivity index (χ2v) is 6.59. The van der Waals surface area contributed by atoms with Gasteiger partial charge in [-0.15, -0.1) is 0 Å². The van der Waals surface area contributed by atoms with Crippen LogP contribution in [-0.4, -0.2) is 29.0 Å². The molecule has 0 aliphatic carbocycles. The van der Waals surface area contributed by atoms with Crippen molar-refractivity contribution in [3.05, 3.63) is 23.4 Å². The summed E-state index contributed by atoms with van der Waals surface area (Å²) in [5.41, 5.74) is 8.49. The van der Waals surface area contributed by atoms with Crippen LogP contribution in [0.5, 0.6) is 0 Å². The van der Waals surface area contributed by atoms with Gasteiger partial charge in [0.25, 0.3) is 0 Å². The number of hydrogen-bond donors (Lipinski definition) is 1. The number of hydrogen-bond acceptors (Lipinski definition) is 4. The van der Waals surface area contributed by atoms with E-state index in [1.165, 1.54) is 11.1 Å². The molecule has 3 unspecified atom stereocenters. The molecule has 1 aliphatic heterocycles. The molecule has 3 atom stereocenters. The highest BCUT2D eigenvalue weighted by Gasteiger charge is 2.26. The van der Waals surface area contributed by atoms with Crippen LogP contribution in [0.15, 0.2) is 17.3 Å². The zero-order valence-corrected chi connectivity index (χ0v) is 12.9. The van der Waals surface area contributed by atoms with Gasteiger partial charge in [0.05, 0.1) is 11.1 Å². The van der Waals surface area contributed by atoms with E-state index < -0.39 is 0 Å². The summed E-state index contributed by atoms with van der Waals surface area (Å²) in [6.45, 7) is 7.28. The largest absolute Gasteiger partial charge is 0.377 e. The first-order valence-corrected chi connectivity index (χ1v) is 7.97. The summed E-state index contributed by atoms with van der Waals surface area (Å²) in [5, 5.41) is 1.67. The van der Waals surface area contributed by atoms with Crippen molar-refractivity contribution in [1.29, 1.82) is 0 Å². The zero-order chi connectivity index (χ0) is 13.8. The second kappa shape index (κ2) is 6.73. The highest BCUT2D eigenvalue weighted by molar-refractivity contribution is 8.00. The maximum absolute atomic E-state index is 5.99. The Labute approximate surface area is 120 Å². The van der Waals surface area contributed by atoms with Gasteiger partial charge in [-0.25, -0.2) is 4.98 Å². The number of nitrogens with two attached hydrogens (primary N) is 1. The summed E-state index contributed by atoms with van der Waals surface area (Å²) in [5.74, 6) is 0. The van der Waals surface area contributed by atoms with Gasteiger partial charge >= 0.3 is 0 Å². The van der Waals surface area contributed by atoms with Crippen LogP contribution in [0.3, 0.4) is 0 Å². The van der Waals surface area contributed by atoms with E-state index in [1.54, 1.807) is 0 Å². The summed E-state index contributed by atoms with van der Waals surface area (Å²) >= 11 is 1.85. The fourth-order valence-corrected chi connectivity index (χ4v) is 3.44. The molecule has 2 rings (SSSR count). The van der Waals surface area contributed by atoms with Crippen molar-refractivity contribution in [2.24, 2.45) is 5.73 Å². The lowest BCUT2D eigenvalue weighted by molar-refractivity contribution is 0.127. The van der Waals surface area contributed by atoms with Crippen molar-refractivity contribution in [3.8, 4) is 0 Å². The van der Waals surface area contributed by atoms with Gasteiger partial charge in [-0.1, -0.05) is 24.8 Å². The van der Waals surface area contributed by atoms with Crippen LogP contribution < -0.4 is 5.73 Å². The number of rotatable bonds is 5. The topological polar surface area (TPSA) is 48.1 Å². The third-order valence-corrected chi connectivity index (χ3v) is 5.25. The number of ether oxygens (including phenoxy) is 1. The summed E-state index contributed by atoms with van der Waals surface area (Å²) in [4.78, 5) is 4.62. The zero-order valence-electron chi connectivity index (χ0n) is 12.1. The van der Waals surface area contributed by atoms with Gasteiger partial charge in [0, 0.05) is 24.1 Å². The lowest BCUT2D eigenvalue weighted by Gasteiger charge is -2.15. The van der Waals surface area contributed by atoms with E-state index in [4.69, 9.17) is 10.5 Å². The van der Waals surface area contributed by atoms with Crippen molar-refractivity contribution in [1.82, 2.24) is 4.98 Å². The third-order valence-electron chi connectivity index (χ3n) is 3.68. The van der Waals surface area contributed by atoms with Crippen LogP contribution >= 0.6 is 11.8 Å². The van der Waals surface area contributed by atoms with Gasteiger partial charge in [0.2, 0.25) is 0 Å². The van der Waals surface area contributed by atoms with E-state index in [1.807, 2.05) is 18.0 Å². The van der Waals surface area contributed by atoms with Crippen molar-refractivity contribution in [3.63, 3.8) is 0 Å². The Morgan fingerprint density at radius 3 is 2.95 bits per heavy atom. The molecule has 0 amide bonds. The van der Waals surface area contributed by atoms with Crippen LogP contribution in [0, 0.1) is 6.92 Å². The minimum absolute atomic E-state index is 0.239. The fraction of sp³-hybridized carbons (Fsp3) is 0.667. The fourth-order valence-electron chi connectivity index (χ4n) is 2.31. The third kappa shape index (κ3) is 3.94. The molecule has 0 bridgehead atoms. The highest BCUT2D eigenvalue weighted by atomic mass is 32.2. The number of nitrogens with zero attached hydrogens (tertiary/aromatic N) is 1. The van der Waals surface area contributed by atoms with Gasteiger partial charge in [-0.3, -0.25) is 0 Å². The van der Waals surface area contributed by atoms with Gasteiger partial charge in [0.15, 0.2) is 0 Å². The van der Waals surface area contributed by atoms with E-state index in [-0.39, 0.29) is 6.04 Å². The lowest BCUT2D eigenvalue weighted by Crippen LogP contribution is -2.21. The first-order valence-electron chi connectivity index (χ1n) is 7.09. The molecule has 0 aromatic carbocycles. The molecule has 4 heteroatoms. The van der Waals surface area contributed by atoms with E-state index >= 15 is 0 Å². The van der Waals surface area contributed by atoms with E-state index in [0.717, 1.165) is 30.9 Å². The first kappa shape index (κ1) is 14.8. The molecule has 0 saturated carbocycles. The molecule has 106 valence electrons. The normalized spacial score (nSPS) is 24.6. The lowest BCUT2D eigenvalue weighted by atomic mass is 10.1. The van der Waals surface area contributed by atoms with Gasteiger partial charge < -0.3 is 10.5 Å². The number of thioether (sulfide) groups is 1. The second-order valence-electron chi connectivity index (χ2n) is 5.36. The van der Waals surface area contributed by atoms with E-state index in [0.29, 0.717) is 11.4 Å². The predicted octanol–water partition coefficient (Wildman–Crippen LogP) is 2.94. The van der Waals surface area contributed by atoms with Crippen LogP contribution in [0.1, 0.15) is 37.8 Å². The quantitative estimate of drug-likeness (QED) is 0.901. The standard InChI is InChI=1S/C15H24N2OS/c1-4-13(16)8-12-7-10(2)15(17-9-12)19-14-5-6-18-11(14)3/h7,9,11,13-14H,4-6,8,16H2,1-3H3.